The third kappa shape index (κ3) is 2.23. The van der Waals surface area contributed by atoms with Gasteiger partial charge in [-0.05, 0) is 90.1 Å². The number of hydrogen-bond acceptors (Lipinski definition) is 1. The largest absolute Gasteiger partial charge is 0.290 e. The first-order valence-electron chi connectivity index (χ1n) is 10.4. The Kier molecular flexibility index (Phi) is 3.59. The van der Waals surface area contributed by atoms with Crippen LogP contribution >= 0.6 is 0 Å². The Morgan fingerprint density at radius 3 is 2.20 bits per heavy atom. The number of ketones is 1. The molecule has 0 N–H and O–H groups in total. The van der Waals surface area contributed by atoms with Crippen LogP contribution in [0.3, 0.4) is 0 Å². The van der Waals surface area contributed by atoms with Crippen LogP contribution in [0.25, 0.3) is 0 Å². The molecule has 0 aromatic rings. The molecule has 4 bridgehead atoms. The number of fused-ring (bicyclic) bond motifs is 4. The quantitative estimate of drug-likeness (QED) is 0.547. The van der Waals surface area contributed by atoms with Crippen molar-refractivity contribution >= 4 is 5.78 Å². The molecule has 25 heavy (non-hydrogen) atoms. The van der Waals surface area contributed by atoms with Gasteiger partial charge in [0.1, 0.15) is 0 Å². The minimum atomic E-state index is 0.224. The molecule has 0 aliphatic heterocycles. The summed E-state index contributed by atoms with van der Waals surface area (Å²) < 4.78 is 0. The highest BCUT2D eigenvalue weighted by Crippen LogP contribution is 2.68. The van der Waals surface area contributed by atoms with Gasteiger partial charge in [0.05, 0.1) is 0 Å². The highest BCUT2D eigenvalue weighted by Gasteiger charge is 2.59. The summed E-state index contributed by atoms with van der Waals surface area (Å²) in [5, 5.41) is 0. The number of rotatable bonds is 3. The van der Waals surface area contributed by atoms with E-state index in [1.165, 1.54) is 37.7 Å². The summed E-state index contributed by atoms with van der Waals surface area (Å²) in [6.45, 7) is 14.5. The molecule has 5 unspecified atom stereocenters. The van der Waals surface area contributed by atoms with Gasteiger partial charge in [0.25, 0.3) is 0 Å². The Labute approximate surface area is 154 Å². The lowest BCUT2D eigenvalue weighted by molar-refractivity contribution is -0.110. The second kappa shape index (κ2) is 5.11. The van der Waals surface area contributed by atoms with Gasteiger partial charge in [0.15, 0.2) is 5.78 Å². The van der Waals surface area contributed by atoms with Crippen molar-refractivity contribution in [3.63, 3.8) is 0 Å². The van der Waals surface area contributed by atoms with Gasteiger partial charge in [-0.15, -0.1) is 0 Å². The molecular weight excluding hydrogens is 304 g/mol. The van der Waals surface area contributed by atoms with Gasteiger partial charge >= 0.3 is 0 Å². The predicted molar refractivity (Wildman–Crippen MR) is 104 cm³/mol. The van der Waals surface area contributed by atoms with E-state index in [4.69, 9.17) is 0 Å². The zero-order chi connectivity index (χ0) is 18.3. The number of carbonyl (C=O) groups excluding carboxylic acids is 1. The Hall–Kier alpha value is -0.850. The molecule has 4 saturated carbocycles. The van der Waals surface area contributed by atoms with Crippen LogP contribution < -0.4 is 0 Å². The van der Waals surface area contributed by atoms with E-state index in [1.807, 2.05) is 12.2 Å². The summed E-state index contributed by atoms with van der Waals surface area (Å²) in [5.74, 6) is 2.38. The maximum Gasteiger partial charge on any atom is 0.178 e. The van der Waals surface area contributed by atoms with E-state index in [1.54, 1.807) is 0 Å². The summed E-state index contributed by atoms with van der Waals surface area (Å²) in [4.78, 5) is 12.7. The molecule has 0 aromatic heterocycles. The molecule has 1 nitrogen and oxygen atoms in total. The van der Waals surface area contributed by atoms with Crippen molar-refractivity contribution in [1.29, 1.82) is 0 Å². The summed E-state index contributed by atoms with van der Waals surface area (Å²) in [7, 11) is 0. The molecule has 0 saturated heterocycles. The monoisotopic (exact) mass is 340 g/mol. The topological polar surface area (TPSA) is 17.1 Å². The highest BCUT2D eigenvalue weighted by molar-refractivity contribution is 6.00. The van der Waals surface area contributed by atoms with E-state index in [-0.39, 0.29) is 11.2 Å². The minimum Gasteiger partial charge on any atom is -0.290 e. The third-order valence-electron chi connectivity index (χ3n) is 9.76. The molecule has 4 aliphatic rings. The Bertz CT molecular complexity index is 659. The Morgan fingerprint density at radius 1 is 1.00 bits per heavy atom. The number of allylic oxidation sites excluding steroid dienone is 4. The fourth-order valence-corrected chi connectivity index (χ4v) is 7.47. The van der Waals surface area contributed by atoms with Crippen molar-refractivity contribution < 1.29 is 4.79 Å². The molecule has 0 amide bonds. The van der Waals surface area contributed by atoms with E-state index in [0.29, 0.717) is 22.2 Å². The van der Waals surface area contributed by atoms with Gasteiger partial charge in [0.2, 0.25) is 0 Å². The van der Waals surface area contributed by atoms with Crippen LogP contribution in [-0.2, 0) is 4.79 Å². The maximum atomic E-state index is 12.7. The molecule has 138 valence electrons. The van der Waals surface area contributed by atoms with Gasteiger partial charge in [-0.25, -0.2) is 0 Å². The average molecular weight is 341 g/mol. The summed E-state index contributed by atoms with van der Waals surface area (Å²) in [5.41, 5.74) is 2.76. The molecule has 0 radical (unpaired) electrons. The molecule has 4 aliphatic carbocycles. The van der Waals surface area contributed by atoms with Crippen LogP contribution in [0.15, 0.2) is 23.8 Å². The van der Waals surface area contributed by atoms with Gasteiger partial charge < -0.3 is 0 Å². The van der Waals surface area contributed by atoms with Crippen LogP contribution in [0.1, 0.15) is 80.1 Å². The van der Waals surface area contributed by atoms with Crippen LogP contribution in [0.2, 0.25) is 0 Å². The number of carbonyl (C=O) groups is 1. The second-order valence-electron chi connectivity index (χ2n) is 11.3. The van der Waals surface area contributed by atoms with Crippen LogP contribution in [0, 0.1) is 39.4 Å². The van der Waals surface area contributed by atoms with Gasteiger partial charge in [0, 0.05) is 0 Å². The van der Waals surface area contributed by atoms with Crippen molar-refractivity contribution in [2.24, 2.45) is 39.4 Å². The van der Waals surface area contributed by atoms with Crippen molar-refractivity contribution in [1.82, 2.24) is 0 Å². The molecule has 0 heterocycles. The third-order valence-corrected chi connectivity index (χ3v) is 9.76. The van der Waals surface area contributed by atoms with E-state index < -0.39 is 0 Å². The molecule has 1 heteroatoms. The van der Waals surface area contributed by atoms with Gasteiger partial charge in [-0.3, -0.25) is 4.79 Å². The van der Waals surface area contributed by atoms with Gasteiger partial charge in [-0.1, -0.05) is 53.2 Å². The Morgan fingerprint density at radius 2 is 1.68 bits per heavy atom. The van der Waals surface area contributed by atoms with E-state index >= 15 is 0 Å². The first kappa shape index (κ1) is 17.6. The SMILES string of the molecule is CC12CCC(C1)C(C)(C)C2C=CC(=O)C=C1CC2CCC1(C)C2(C)C. The standard InChI is InChI=1S/C24H36O/c1-21(2)17-9-11-23(5,15-17)20(21)8-7-19(25)14-18-13-16-10-12-24(18,6)22(16,3)4/h7-8,14,16-17,20H,9-13,15H2,1-6H3. The van der Waals surface area contributed by atoms with Crippen molar-refractivity contribution in [3.05, 3.63) is 23.8 Å². The lowest BCUT2D eigenvalue weighted by Crippen LogP contribution is -2.33. The molecule has 0 spiro atoms. The zero-order valence-corrected chi connectivity index (χ0v) is 17.1. The fraction of sp³-hybridized carbons (Fsp3) is 0.792. The minimum absolute atomic E-state index is 0.224. The smallest absolute Gasteiger partial charge is 0.178 e. The highest BCUT2D eigenvalue weighted by atomic mass is 16.1. The predicted octanol–water partition coefficient (Wildman–Crippen LogP) is 6.35. The average Bonchev–Trinajstić information content (AvgIpc) is 3.11. The van der Waals surface area contributed by atoms with Crippen molar-refractivity contribution in [2.75, 3.05) is 0 Å². The molecule has 5 atom stereocenters. The summed E-state index contributed by atoms with van der Waals surface area (Å²) >= 11 is 0. The van der Waals surface area contributed by atoms with Crippen LogP contribution in [-0.4, -0.2) is 5.78 Å². The maximum absolute atomic E-state index is 12.7. The first-order chi connectivity index (χ1) is 11.5. The summed E-state index contributed by atoms with van der Waals surface area (Å²) in [6.07, 6.45) is 14.0. The Balaban J connectivity index is 1.53. The fourth-order valence-electron chi connectivity index (χ4n) is 7.47. The zero-order valence-electron chi connectivity index (χ0n) is 17.1. The molecule has 4 rings (SSSR count). The second-order valence-corrected chi connectivity index (χ2v) is 11.3. The van der Waals surface area contributed by atoms with Crippen LogP contribution in [0.5, 0.6) is 0 Å². The first-order valence-corrected chi connectivity index (χ1v) is 10.4. The molecule has 0 aromatic carbocycles. The van der Waals surface area contributed by atoms with Crippen molar-refractivity contribution in [3.8, 4) is 0 Å². The molecule has 4 fully saturated rings. The van der Waals surface area contributed by atoms with E-state index in [2.05, 4.69) is 47.6 Å². The van der Waals surface area contributed by atoms with Crippen LogP contribution in [0.4, 0.5) is 0 Å². The lowest BCUT2D eigenvalue weighted by Gasteiger charge is -2.41. The van der Waals surface area contributed by atoms with Gasteiger partial charge in [-0.2, -0.15) is 0 Å². The summed E-state index contributed by atoms with van der Waals surface area (Å²) in [6, 6.07) is 0. The normalized spacial score (nSPS) is 48.1. The van der Waals surface area contributed by atoms with E-state index in [9.17, 15) is 4.79 Å². The lowest BCUT2D eigenvalue weighted by atomic mass is 9.64. The van der Waals surface area contributed by atoms with E-state index in [0.717, 1.165) is 18.3 Å². The number of hydrogen-bond donors (Lipinski definition) is 0. The molecular formula is C24H36O. The van der Waals surface area contributed by atoms with Crippen molar-refractivity contribution in [2.45, 2.75) is 80.1 Å².